The summed E-state index contributed by atoms with van der Waals surface area (Å²) in [4.78, 5) is 9.88. The second-order valence-corrected chi connectivity index (χ2v) is 1.04. The smallest absolute Gasteiger partial charge is 0.377 e. The molecule has 53 valence electrons. The summed E-state index contributed by atoms with van der Waals surface area (Å²) in [5.41, 5.74) is 0. The topological polar surface area (TPSA) is 91.8 Å². The van der Waals surface area contributed by atoms with Gasteiger partial charge in [0.1, 0.15) is 0 Å². The van der Waals surface area contributed by atoms with Gasteiger partial charge in [0.15, 0.2) is 0 Å². The first-order valence-corrected chi connectivity index (χ1v) is 1.77. The maximum absolute atomic E-state index is 9.88. The molecule has 1 heterocycles. The summed E-state index contributed by atoms with van der Waals surface area (Å²) < 4.78 is 0. The second-order valence-electron chi connectivity index (χ2n) is 1.04. The van der Waals surface area contributed by atoms with Crippen LogP contribution in [0.25, 0.3) is 0 Å². The van der Waals surface area contributed by atoms with Crippen molar-refractivity contribution < 1.29 is 32.3 Å². The number of tetrazole rings is 1. The third kappa shape index (κ3) is 1.92. The number of carboxylic acid groups (broad SMARTS) is 1. The number of carboxylic acids is 1. The minimum Gasteiger partial charge on any atom is -0.475 e. The number of hydrogen-bond acceptors (Lipinski definition) is 4. The molecule has 0 saturated heterocycles. The molecule has 0 bridgehead atoms. The molecule has 1 aromatic heterocycles. The predicted molar refractivity (Wildman–Crippen MR) is 21.1 cm³/mol. The van der Waals surface area contributed by atoms with Gasteiger partial charge < -0.3 is 5.11 Å². The number of hydrogen-bond donors (Lipinski definition) is 2. The van der Waals surface area contributed by atoms with E-state index in [2.05, 4.69) is 15.4 Å². The molecule has 7 heteroatoms. The van der Waals surface area contributed by atoms with E-state index in [4.69, 9.17) is 5.11 Å². The van der Waals surface area contributed by atoms with E-state index in [0.29, 0.717) is 0 Å². The Morgan fingerprint density at radius 3 is 2.56 bits per heavy atom. The zero-order valence-corrected chi connectivity index (χ0v) is 5.48. The van der Waals surface area contributed by atoms with Crippen LogP contribution in [0.4, 0.5) is 0 Å². The van der Waals surface area contributed by atoms with Crippen molar-refractivity contribution >= 4 is 5.97 Å². The van der Waals surface area contributed by atoms with Crippen molar-refractivity contribution in [1.29, 1.82) is 0 Å². The van der Waals surface area contributed by atoms with Crippen molar-refractivity contribution in [3.8, 4) is 0 Å². The van der Waals surface area contributed by atoms with Crippen molar-refractivity contribution in [2.75, 3.05) is 0 Å². The molecule has 0 aliphatic carbocycles. The fraction of sp³-hybridized carbons (Fsp3) is 0. The maximum atomic E-state index is 9.88. The van der Waals surface area contributed by atoms with E-state index in [1.807, 2.05) is 5.21 Å². The molecule has 1 rings (SSSR count). The minimum atomic E-state index is -1.18. The average molecular weight is 222 g/mol. The largest absolute Gasteiger partial charge is 0.475 e. The van der Waals surface area contributed by atoms with E-state index in [1.165, 1.54) is 0 Å². The van der Waals surface area contributed by atoms with Crippen molar-refractivity contribution in [2.24, 2.45) is 0 Å². The van der Waals surface area contributed by atoms with Crippen LogP contribution in [-0.2, 0) is 22.4 Å². The SMILES string of the molecule is O=C(O)c1nn[nH]n1.[Ag]. The molecule has 0 fully saturated rings. The Bertz CT molecular complexity index is 184. The molecule has 1 radical (unpaired) electrons. The number of aromatic nitrogens is 4. The molecule has 0 atom stereocenters. The van der Waals surface area contributed by atoms with E-state index in [9.17, 15) is 4.79 Å². The maximum Gasteiger partial charge on any atom is 0.377 e. The first-order chi connectivity index (χ1) is 3.80. The van der Waals surface area contributed by atoms with Crippen LogP contribution in [0.2, 0.25) is 0 Å². The molecular weight excluding hydrogens is 220 g/mol. The molecule has 0 aliphatic rings. The molecule has 1 aromatic rings. The molecule has 0 amide bonds. The summed E-state index contributed by atoms with van der Waals surface area (Å²) in [5.74, 6) is -1.50. The Morgan fingerprint density at radius 2 is 2.33 bits per heavy atom. The van der Waals surface area contributed by atoms with Crippen LogP contribution in [0.3, 0.4) is 0 Å². The van der Waals surface area contributed by atoms with Crippen molar-refractivity contribution in [3.05, 3.63) is 5.82 Å². The van der Waals surface area contributed by atoms with E-state index < -0.39 is 5.97 Å². The van der Waals surface area contributed by atoms with Crippen LogP contribution in [0, 0.1) is 0 Å². The van der Waals surface area contributed by atoms with Crippen LogP contribution in [0.1, 0.15) is 10.6 Å². The summed E-state index contributed by atoms with van der Waals surface area (Å²) >= 11 is 0. The fourth-order valence-electron chi connectivity index (χ4n) is 0.252. The van der Waals surface area contributed by atoms with Crippen LogP contribution in [-0.4, -0.2) is 31.7 Å². The van der Waals surface area contributed by atoms with Crippen LogP contribution >= 0.6 is 0 Å². The number of nitrogens with zero attached hydrogens (tertiary/aromatic N) is 3. The van der Waals surface area contributed by atoms with E-state index in [1.54, 1.807) is 0 Å². The number of rotatable bonds is 1. The van der Waals surface area contributed by atoms with Crippen molar-refractivity contribution in [2.45, 2.75) is 0 Å². The number of aromatic carboxylic acids is 1. The van der Waals surface area contributed by atoms with Crippen molar-refractivity contribution in [3.63, 3.8) is 0 Å². The van der Waals surface area contributed by atoms with Gasteiger partial charge in [-0.3, -0.25) is 0 Å². The average Bonchev–Trinajstić information content (AvgIpc) is 2.12. The standard InChI is InChI=1S/C2H2N4O2.Ag/c7-2(8)1-3-5-6-4-1;/h(H,7,8)(H,3,4,5,6);. The monoisotopic (exact) mass is 221 g/mol. The molecular formula is C2H2AgN4O2. The number of carbonyl (C=O) groups is 1. The van der Waals surface area contributed by atoms with E-state index >= 15 is 0 Å². The predicted octanol–water partition coefficient (Wildman–Crippen LogP) is -1.10. The van der Waals surface area contributed by atoms with Crippen molar-refractivity contribution in [1.82, 2.24) is 20.6 Å². The fourth-order valence-corrected chi connectivity index (χ4v) is 0.252. The van der Waals surface area contributed by atoms with Gasteiger partial charge in [0, 0.05) is 22.4 Å². The summed E-state index contributed by atoms with van der Waals surface area (Å²) in [5, 5.41) is 19.5. The quantitative estimate of drug-likeness (QED) is 0.588. The van der Waals surface area contributed by atoms with Gasteiger partial charge in [0.05, 0.1) is 0 Å². The summed E-state index contributed by atoms with van der Waals surface area (Å²) in [6.07, 6.45) is 0. The van der Waals surface area contributed by atoms with Crippen LogP contribution < -0.4 is 0 Å². The first-order valence-electron chi connectivity index (χ1n) is 1.77. The Balaban J connectivity index is 0.000000640. The van der Waals surface area contributed by atoms with Gasteiger partial charge in [0.25, 0.3) is 5.82 Å². The van der Waals surface area contributed by atoms with E-state index in [0.717, 1.165) is 0 Å². The van der Waals surface area contributed by atoms with Crippen LogP contribution in [0.5, 0.6) is 0 Å². The van der Waals surface area contributed by atoms with Gasteiger partial charge in [-0.25, -0.2) is 4.79 Å². The number of nitrogens with one attached hydrogen (secondary N) is 1. The Hall–Kier alpha value is -0.720. The summed E-state index contributed by atoms with van der Waals surface area (Å²) in [6, 6.07) is 0. The number of aromatic amines is 1. The molecule has 0 saturated carbocycles. The van der Waals surface area contributed by atoms with Gasteiger partial charge in [-0.2, -0.15) is 5.21 Å². The van der Waals surface area contributed by atoms with Gasteiger partial charge in [-0.1, -0.05) is 0 Å². The third-order valence-corrected chi connectivity index (χ3v) is 0.537. The zero-order chi connectivity index (χ0) is 5.98. The summed E-state index contributed by atoms with van der Waals surface area (Å²) in [7, 11) is 0. The Labute approximate surface area is 65.2 Å². The molecule has 6 nitrogen and oxygen atoms in total. The third-order valence-electron chi connectivity index (χ3n) is 0.537. The normalized spacial score (nSPS) is 8.00. The molecule has 0 aliphatic heterocycles. The molecule has 0 spiro atoms. The van der Waals surface area contributed by atoms with Gasteiger partial charge in [-0.15, -0.1) is 10.2 Å². The second kappa shape index (κ2) is 3.33. The Kier molecular flexibility index (Phi) is 3.07. The number of H-pyrrole nitrogens is 1. The van der Waals surface area contributed by atoms with E-state index in [-0.39, 0.29) is 28.2 Å². The van der Waals surface area contributed by atoms with Gasteiger partial charge in [-0.05, 0) is 5.21 Å². The Morgan fingerprint density at radius 1 is 1.67 bits per heavy atom. The zero-order valence-electron chi connectivity index (χ0n) is 4.00. The molecule has 9 heavy (non-hydrogen) atoms. The molecule has 2 N–H and O–H groups in total. The van der Waals surface area contributed by atoms with Gasteiger partial charge >= 0.3 is 5.97 Å². The first kappa shape index (κ1) is 8.28. The van der Waals surface area contributed by atoms with Gasteiger partial charge in [0.2, 0.25) is 0 Å². The minimum absolute atomic E-state index is 0. The summed E-state index contributed by atoms with van der Waals surface area (Å²) in [6.45, 7) is 0. The molecule has 0 unspecified atom stereocenters. The van der Waals surface area contributed by atoms with Crippen LogP contribution in [0.15, 0.2) is 0 Å². The molecule has 0 aromatic carbocycles.